The van der Waals surface area contributed by atoms with Crippen LogP contribution in [0.3, 0.4) is 0 Å². The average Bonchev–Trinajstić information content (AvgIpc) is 2.60. The second kappa shape index (κ2) is 7.90. The molecule has 0 bridgehead atoms. The zero-order chi connectivity index (χ0) is 16.8. The molecule has 0 aliphatic rings. The number of rotatable bonds is 6. The van der Waals surface area contributed by atoms with Crippen molar-refractivity contribution in [1.82, 2.24) is 15.4 Å². The van der Waals surface area contributed by atoms with Crippen LogP contribution in [0.15, 0.2) is 59.6 Å². The van der Waals surface area contributed by atoms with Crippen molar-refractivity contribution < 1.29 is 9.63 Å². The van der Waals surface area contributed by atoms with Crippen LogP contribution in [0.25, 0.3) is 10.9 Å². The van der Waals surface area contributed by atoms with Crippen LogP contribution in [0.5, 0.6) is 0 Å². The maximum Gasteiger partial charge on any atom is 0.253 e. The van der Waals surface area contributed by atoms with Crippen LogP contribution in [-0.4, -0.2) is 21.6 Å². The van der Waals surface area contributed by atoms with Crippen molar-refractivity contribution in [1.29, 1.82) is 0 Å². The molecule has 0 saturated carbocycles. The van der Waals surface area contributed by atoms with Gasteiger partial charge >= 0.3 is 0 Å². The fourth-order valence-electron chi connectivity index (χ4n) is 2.21. The molecule has 5 nitrogen and oxygen atoms in total. The van der Waals surface area contributed by atoms with E-state index in [1.165, 1.54) is 11.8 Å². The molecule has 1 heterocycles. The number of benzene rings is 2. The number of carbonyl (C=O) groups is 1. The monoisotopic (exact) mass is 339 g/mol. The first kappa shape index (κ1) is 16.4. The number of thioether (sulfide) groups is 1. The Labute approximate surface area is 144 Å². The topological polar surface area (TPSA) is 64.1 Å². The number of hydrogen-bond donors (Lipinski definition) is 1. The van der Waals surface area contributed by atoms with E-state index in [2.05, 4.69) is 15.4 Å². The Morgan fingerprint density at radius 3 is 2.67 bits per heavy atom. The minimum atomic E-state index is -0.198. The van der Waals surface area contributed by atoms with Gasteiger partial charge in [-0.1, -0.05) is 60.3 Å². The smallest absolute Gasteiger partial charge is 0.253 e. The lowest BCUT2D eigenvalue weighted by atomic mass is 10.2. The molecule has 0 radical (unpaired) electrons. The van der Waals surface area contributed by atoms with Crippen molar-refractivity contribution in [3.63, 3.8) is 0 Å². The fourth-order valence-corrected chi connectivity index (χ4v) is 3.06. The van der Waals surface area contributed by atoms with E-state index in [4.69, 9.17) is 4.84 Å². The van der Waals surface area contributed by atoms with E-state index < -0.39 is 0 Å². The molecule has 6 heteroatoms. The predicted octanol–water partition coefficient (Wildman–Crippen LogP) is 3.28. The van der Waals surface area contributed by atoms with Crippen LogP contribution in [0.2, 0.25) is 0 Å². The summed E-state index contributed by atoms with van der Waals surface area (Å²) < 4.78 is 0. The van der Waals surface area contributed by atoms with Gasteiger partial charge in [0.2, 0.25) is 0 Å². The molecule has 122 valence electrons. The highest BCUT2D eigenvalue weighted by Crippen LogP contribution is 2.24. The third-order valence-electron chi connectivity index (χ3n) is 3.29. The number of amides is 1. The molecular weight excluding hydrogens is 322 g/mol. The molecule has 0 unspecified atom stereocenters. The van der Waals surface area contributed by atoms with Gasteiger partial charge in [-0.05, 0) is 18.6 Å². The molecule has 0 aliphatic heterocycles. The number of nitrogens with one attached hydrogen (secondary N) is 1. The van der Waals surface area contributed by atoms with Gasteiger partial charge in [-0.25, -0.2) is 15.4 Å². The third-order valence-corrected chi connectivity index (χ3v) is 4.28. The molecule has 24 heavy (non-hydrogen) atoms. The summed E-state index contributed by atoms with van der Waals surface area (Å²) in [6, 6.07) is 17.5. The van der Waals surface area contributed by atoms with Crippen molar-refractivity contribution in [2.45, 2.75) is 18.6 Å². The molecule has 1 amide bonds. The Balaban J connectivity index is 1.55. The molecule has 0 atom stereocenters. The largest absolute Gasteiger partial charge is 0.272 e. The number of nitrogens with zero attached hydrogens (tertiary/aromatic N) is 2. The van der Waals surface area contributed by atoms with Crippen LogP contribution >= 0.6 is 11.8 Å². The lowest BCUT2D eigenvalue weighted by Crippen LogP contribution is -2.25. The highest BCUT2D eigenvalue weighted by Gasteiger charge is 2.09. The first-order valence-electron chi connectivity index (χ1n) is 7.53. The van der Waals surface area contributed by atoms with Crippen LogP contribution in [-0.2, 0) is 16.2 Å². The Kier molecular flexibility index (Phi) is 5.40. The second-order valence-electron chi connectivity index (χ2n) is 5.18. The van der Waals surface area contributed by atoms with Gasteiger partial charge in [0.05, 0.1) is 17.9 Å². The van der Waals surface area contributed by atoms with Gasteiger partial charge in [0.15, 0.2) is 0 Å². The number of aryl methyl sites for hydroxylation is 1. The molecule has 2 aromatic carbocycles. The third kappa shape index (κ3) is 4.31. The summed E-state index contributed by atoms with van der Waals surface area (Å²) in [6.45, 7) is 2.19. The summed E-state index contributed by atoms with van der Waals surface area (Å²) in [7, 11) is 0. The summed E-state index contributed by atoms with van der Waals surface area (Å²) in [5, 5.41) is 1.75. The van der Waals surface area contributed by atoms with E-state index in [1.807, 2.05) is 61.5 Å². The minimum absolute atomic E-state index is 0.198. The number of para-hydroxylation sites is 1. The maximum absolute atomic E-state index is 11.9. The normalized spacial score (nSPS) is 10.7. The van der Waals surface area contributed by atoms with Gasteiger partial charge in [-0.15, -0.1) is 0 Å². The van der Waals surface area contributed by atoms with E-state index in [9.17, 15) is 4.79 Å². The van der Waals surface area contributed by atoms with Crippen molar-refractivity contribution in [2.24, 2.45) is 0 Å². The van der Waals surface area contributed by atoms with Crippen LogP contribution in [0, 0.1) is 6.92 Å². The molecule has 1 N–H and O–H groups in total. The van der Waals surface area contributed by atoms with Crippen molar-refractivity contribution in [2.75, 3.05) is 5.75 Å². The van der Waals surface area contributed by atoms with E-state index >= 15 is 0 Å². The Morgan fingerprint density at radius 1 is 1.08 bits per heavy atom. The quantitative estimate of drug-likeness (QED) is 0.424. The second-order valence-corrected chi connectivity index (χ2v) is 6.15. The van der Waals surface area contributed by atoms with Gasteiger partial charge < -0.3 is 0 Å². The Bertz CT molecular complexity index is 840. The summed E-state index contributed by atoms with van der Waals surface area (Å²) in [5.74, 6) is 0.725. The van der Waals surface area contributed by atoms with Crippen molar-refractivity contribution in [3.8, 4) is 0 Å². The van der Waals surface area contributed by atoms with Gasteiger partial charge in [0.25, 0.3) is 5.91 Å². The van der Waals surface area contributed by atoms with E-state index in [0.717, 1.165) is 21.5 Å². The first-order valence-corrected chi connectivity index (χ1v) is 8.51. The molecule has 1 aromatic heterocycles. The highest BCUT2D eigenvalue weighted by atomic mass is 32.2. The lowest BCUT2D eigenvalue weighted by Gasteiger charge is -2.08. The highest BCUT2D eigenvalue weighted by molar-refractivity contribution is 8.00. The van der Waals surface area contributed by atoms with Gasteiger partial charge in [0, 0.05) is 5.39 Å². The van der Waals surface area contributed by atoms with E-state index in [-0.39, 0.29) is 11.7 Å². The standard InChI is InChI=1S/C18H17N3O2S/c1-13-19-16-10-6-5-9-15(16)18(20-13)24-12-17(22)21-23-11-14-7-3-2-4-8-14/h2-10H,11-12H2,1H3,(H,21,22). The molecule has 0 spiro atoms. The van der Waals surface area contributed by atoms with Crippen LogP contribution in [0.4, 0.5) is 0 Å². The van der Waals surface area contributed by atoms with Gasteiger partial charge in [-0.3, -0.25) is 9.63 Å². The van der Waals surface area contributed by atoms with Crippen molar-refractivity contribution in [3.05, 3.63) is 66.0 Å². The summed E-state index contributed by atoms with van der Waals surface area (Å²) in [6.07, 6.45) is 0. The Hall–Kier alpha value is -2.44. The summed E-state index contributed by atoms with van der Waals surface area (Å²) in [5.41, 5.74) is 4.35. The first-order chi connectivity index (χ1) is 11.7. The van der Waals surface area contributed by atoms with E-state index in [1.54, 1.807) is 0 Å². The van der Waals surface area contributed by atoms with E-state index in [0.29, 0.717) is 12.4 Å². The predicted molar refractivity (Wildman–Crippen MR) is 94.4 cm³/mol. The molecule has 3 aromatic rings. The van der Waals surface area contributed by atoms with Crippen LogP contribution in [0.1, 0.15) is 11.4 Å². The molecule has 3 rings (SSSR count). The zero-order valence-electron chi connectivity index (χ0n) is 13.2. The molecular formula is C18H17N3O2S. The molecule has 0 fully saturated rings. The molecule has 0 aliphatic carbocycles. The number of fused-ring (bicyclic) bond motifs is 1. The van der Waals surface area contributed by atoms with Crippen LogP contribution < -0.4 is 5.48 Å². The lowest BCUT2D eigenvalue weighted by molar-refractivity contribution is -0.131. The number of carbonyl (C=O) groups excluding carboxylic acids is 1. The maximum atomic E-state index is 11.9. The zero-order valence-corrected chi connectivity index (χ0v) is 14.0. The van der Waals surface area contributed by atoms with Gasteiger partial charge in [0.1, 0.15) is 10.9 Å². The number of aromatic nitrogens is 2. The fraction of sp³-hybridized carbons (Fsp3) is 0.167. The van der Waals surface area contributed by atoms with Crippen molar-refractivity contribution >= 4 is 28.6 Å². The molecule has 0 saturated heterocycles. The average molecular weight is 339 g/mol. The number of hydroxylamine groups is 1. The summed E-state index contributed by atoms with van der Waals surface area (Å²) in [4.78, 5) is 26.0. The van der Waals surface area contributed by atoms with Gasteiger partial charge in [-0.2, -0.15) is 0 Å². The summed E-state index contributed by atoms with van der Waals surface area (Å²) >= 11 is 1.38. The number of hydrogen-bond acceptors (Lipinski definition) is 5. The SMILES string of the molecule is Cc1nc(SCC(=O)NOCc2ccccc2)c2ccccc2n1. The Morgan fingerprint density at radius 2 is 1.83 bits per heavy atom. The minimum Gasteiger partial charge on any atom is -0.272 e.